The molecule has 0 bridgehead atoms. The average Bonchev–Trinajstić information content (AvgIpc) is 3.55. The van der Waals surface area contributed by atoms with Gasteiger partial charge in [-0.1, -0.05) is 32.9 Å². The molecule has 4 saturated carbocycles. The third kappa shape index (κ3) is 7.93. The largest absolute Gasteiger partial charge is 0.459 e. The van der Waals surface area contributed by atoms with Crippen molar-refractivity contribution in [3.63, 3.8) is 0 Å². The fraction of sp³-hybridized carbons (Fsp3) is 0.643. The number of esters is 2. The van der Waals surface area contributed by atoms with Crippen molar-refractivity contribution in [3.8, 4) is 0 Å². The molecule has 0 spiro atoms. The Morgan fingerprint density at radius 2 is 1.63 bits per heavy atom. The molecule has 1 aromatic heterocycles. The second kappa shape index (κ2) is 16.9. The predicted molar refractivity (Wildman–Crippen MR) is 200 cm³/mol. The Bertz CT molecular complexity index is 1650. The van der Waals surface area contributed by atoms with Crippen LogP contribution in [0.25, 0.3) is 0 Å². The molecule has 12 nitrogen and oxygen atoms in total. The molecule has 1 aromatic carbocycles. The summed E-state index contributed by atoms with van der Waals surface area (Å²) in [4.78, 5) is 55.4. The SMILES string of the molecule is COC(OC)c1cccc(C(=O)O[C@@H]2CC[C@@]3(C)[C@H](CC[C@@H]4[C@@H]3C[C@H](OC(=O)c3ccncc3)[C@]3(C)[C@@H]([C@H](C)CCC(=O)NCC(=O)NN)CC[C@@H]43)C2)c1. The summed E-state index contributed by atoms with van der Waals surface area (Å²) < 4.78 is 23.6. The fourth-order valence-corrected chi connectivity index (χ4v) is 11.4. The van der Waals surface area contributed by atoms with E-state index in [0.29, 0.717) is 47.6 Å². The number of hydrazine groups is 1. The number of nitrogens with one attached hydrogen (secondary N) is 2. The number of hydrogen-bond donors (Lipinski definition) is 3. The van der Waals surface area contributed by atoms with Crippen LogP contribution >= 0.6 is 0 Å². The lowest BCUT2D eigenvalue weighted by Gasteiger charge is -2.62. The number of ether oxygens (including phenoxy) is 4. The summed E-state index contributed by atoms with van der Waals surface area (Å²) in [5.41, 5.74) is 3.55. The van der Waals surface area contributed by atoms with E-state index in [1.807, 2.05) is 17.6 Å². The van der Waals surface area contributed by atoms with Gasteiger partial charge in [-0.25, -0.2) is 15.4 Å². The van der Waals surface area contributed by atoms with Crippen molar-refractivity contribution in [1.29, 1.82) is 0 Å². The van der Waals surface area contributed by atoms with Crippen LogP contribution in [0.2, 0.25) is 0 Å². The van der Waals surface area contributed by atoms with E-state index < -0.39 is 12.2 Å². The summed E-state index contributed by atoms with van der Waals surface area (Å²) in [5.74, 6) is 6.00. The van der Waals surface area contributed by atoms with Crippen LogP contribution in [-0.4, -0.2) is 61.7 Å². The lowest BCUT2D eigenvalue weighted by Crippen LogP contribution is -2.59. The van der Waals surface area contributed by atoms with Gasteiger partial charge >= 0.3 is 11.9 Å². The maximum atomic E-state index is 13.8. The molecule has 4 fully saturated rings. The van der Waals surface area contributed by atoms with Gasteiger partial charge in [0.15, 0.2) is 6.29 Å². The molecule has 2 aromatic rings. The highest BCUT2D eigenvalue weighted by molar-refractivity contribution is 5.90. The maximum absolute atomic E-state index is 13.8. The molecule has 294 valence electrons. The number of rotatable bonds is 13. The van der Waals surface area contributed by atoms with E-state index in [4.69, 9.17) is 24.8 Å². The van der Waals surface area contributed by atoms with E-state index >= 15 is 0 Å². The minimum absolute atomic E-state index is 0.0240. The Morgan fingerprint density at radius 1 is 0.889 bits per heavy atom. The van der Waals surface area contributed by atoms with Crippen molar-refractivity contribution in [2.24, 2.45) is 52.2 Å². The summed E-state index contributed by atoms with van der Waals surface area (Å²) in [5, 5.41) is 2.66. The fourth-order valence-electron chi connectivity index (χ4n) is 11.4. The first kappa shape index (κ1) is 39.8. The summed E-state index contributed by atoms with van der Waals surface area (Å²) in [6.07, 6.45) is 10.8. The number of nitrogens with two attached hydrogens (primary N) is 1. The molecule has 2 amide bonds. The van der Waals surface area contributed by atoms with Gasteiger partial charge in [0, 0.05) is 44.0 Å². The van der Waals surface area contributed by atoms with Crippen molar-refractivity contribution in [2.45, 2.75) is 103 Å². The Kier molecular flexibility index (Phi) is 12.4. The molecule has 1 heterocycles. The van der Waals surface area contributed by atoms with Gasteiger partial charge in [0.05, 0.1) is 17.7 Å². The van der Waals surface area contributed by atoms with Gasteiger partial charge in [-0.15, -0.1) is 0 Å². The maximum Gasteiger partial charge on any atom is 0.338 e. The number of amides is 2. The predicted octanol–water partition coefficient (Wildman–Crippen LogP) is 5.92. The quantitative estimate of drug-likeness (QED) is 0.0737. The molecule has 0 saturated heterocycles. The van der Waals surface area contributed by atoms with Crippen molar-refractivity contribution in [2.75, 3.05) is 20.8 Å². The number of carbonyl (C=O) groups excluding carboxylic acids is 4. The summed E-state index contributed by atoms with van der Waals surface area (Å²) in [6.45, 7) is 6.86. The highest BCUT2D eigenvalue weighted by Gasteiger charge is 2.65. The van der Waals surface area contributed by atoms with E-state index in [2.05, 4.69) is 31.1 Å². The molecule has 6 rings (SSSR count). The average molecular weight is 747 g/mol. The highest BCUT2D eigenvalue weighted by atomic mass is 16.7. The summed E-state index contributed by atoms with van der Waals surface area (Å²) >= 11 is 0. The number of benzene rings is 1. The van der Waals surface area contributed by atoms with Gasteiger partial charge in [-0.2, -0.15) is 0 Å². The van der Waals surface area contributed by atoms with Crippen LogP contribution in [0, 0.1) is 46.3 Å². The highest BCUT2D eigenvalue weighted by Crippen LogP contribution is 2.69. The number of methoxy groups -OCH3 is 2. The van der Waals surface area contributed by atoms with Gasteiger partial charge in [-0.05, 0) is 123 Å². The molecule has 0 radical (unpaired) electrons. The van der Waals surface area contributed by atoms with Gasteiger partial charge in [-0.3, -0.25) is 20.0 Å². The van der Waals surface area contributed by atoms with Crippen molar-refractivity contribution in [3.05, 3.63) is 65.5 Å². The van der Waals surface area contributed by atoms with Crippen LogP contribution in [-0.2, 0) is 28.5 Å². The first-order valence-corrected chi connectivity index (χ1v) is 19.7. The molecule has 4 aliphatic rings. The van der Waals surface area contributed by atoms with Gasteiger partial charge in [0.2, 0.25) is 5.91 Å². The van der Waals surface area contributed by atoms with E-state index in [-0.39, 0.29) is 59.3 Å². The number of nitrogens with zero attached hydrogens (tertiary/aromatic N) is 1. The number of carbonyl (C=O) groups is 4. The number of hydrogen-bond acceptors (Lipinski definition) is 10. The lowest BCUT2D eigenvalue weighted by atomic mass is 9.43. The smallest absolute Gasteiger partial charge is 0.338 e. The first-order chi connectivity index (χ1) is 25.9. The molecule has 0 aliphatic heterocycles. The van der Waals surface area contributed by atoms with Crippen LogP contribution in [0.5, 0.6) is 0 Å². The second-order valence-electron chi connectivity index (χ2n) is 16.7. The van der Waals surface area contributed by atoms with Crippen molar-refractivity contribution in [1.82, 2.24) is 15.7 Å². The Morgan fingerprint density at radius 3 is 2.35 bits per heavy atom. The van der Waals surface area contributed by atoms with Crippen molar-refractivity contribution >= 4 is 23.8 Å². The second-order valence-corrected chi connectivity index (χ2v) is 16.7. The molecule has 4 N–H and O–H groups in total. The van der Waals surface area contributed by atoms with Crippen LogP contribution in [0.4, 0.5) is 0 Å². The Balaban J connectivity index is 1.18. The van der Waals surface area contributed by atoms with Gasteiger partial charge in [0.1, 0.15) is 12.2 Å². The molecule has 10 atom stereocenters. The van der Waals surface area contributed by atoms with Crippen molar-refractivity contribution < 1.29 is 38.1 Å². The van der Waals surface area contributed by atoms with Gasteiger partial charge in [0.25, 0.3) is 5.91 Å². The number of pyridine rings is 1. The zero-order chi connectivity index (χ0) is 38.6. The van der Waals surface area contributed by atoms with Crippen LogP contribution in [0.1, 0.15) is 118 Å². The topological polar surface area (TPSA) is 168 Å². The summed E-state index contributed by atoms with van der Waals surface area (Å²) in [7, 11) is 3.13. The minimum atomic E-state index is -0.559. The van der Waals surface area contributed by atoms with Gasteiger partial charge < -0.3 is 24.3 Å². The molecule has 54 heavy (non-hydrogen) atoms. The van der Waals surface area contributed by atoms with Crippen LogP contribution in [0.3, 0.4) is 0 Å². The Labute approximate surface area is 319 Å². The third-order valence-corrected chi connectivity index (χ3v) is 14.1. The molecule has 12 heteroatoms. The normalized spacial score (nSPS) is 32.0. The monoisotopic (exact) mass is 746 g/mol. The van der Waals surface area contributed by atoms with Crippen LogP contribution in [0.15, 0.2) is 48.8 Å². The molecular formula is C42H58N4O8. The molecule has 0 unspecified atom stereocenters. The standard InChI is InChI=1S/C42H58N4O8/c1-25(9-14-36(47)45-24-37(48)46-43)32-12-13-33-31-11-10-29-22-30(53-39(50)27-7-6-8-28(21-27)40(51-4)52-5)15-18-41(29,2)34(31)23-35(42(32,33)3)54-38(49)26-16-19-44-20-17-26/h6-8,16-17,19-21,25,29-35,40H,9-15,18,22-24,43H2,1-5H3,(H,45,47)(H,46,48)/t25-,29-,30-,31+,32-,33+,34+,35+,41+,42-/m1/s1. The Hall–Kier alpha value is -3.87. The van der Waals surface area contributed by atoms with E-state index in [0.717, 1.165) is 56.9 Å². The zero-order valence-corrected chi connectivity index (χ0v) is 32.4. The third-order valence-electron chi connectivity index (χ3n) is 14.1. The zero-order valence-electron chi connectivity index (χ0n) is 32.4. The molecule has 4 aliphatic carbocycles. The molecular weight excluding hydrogens is 688 g/mol. The minimum Gasteiger partial charge on any atom is -0.459 e. The summed E-state index contributed by atoms with van der Waals surface area (Å²) in [6, 6.07) is 10.6. The van der Waals surface area contributed by atoms with E-state index in [1.165, 1.54) is 0 Å². The van der Waals surface area contributed by atoms with E-state index in [1.54, 1.807) is 50.9 Å². The van der Waals surface area contributed by atoms with E-state index in [9.17, 15) is 19.2 Å². The van der Waals surface area contributed by atoms with Crippen LogP contribution < -0.4 is 16.6 Å². The lowest BCUT2D eigenvalue weighted by molar-refractivity contribution is -0.176. The number of aromatic nitrogens is 1. The number of fused-ring (bicyclic) bond motifs is 5. The first-order valence-electron chi connectivity index (χ1n) is 19.7.